The van der Waals surface area contributed by atoms with E-state index in [2.05, 4.69) is 5.32 Å². The van der Waals surface area contributed by atoms with Gasteiger partial charge in [0, 0.05) is 11.1 Å². The van der Waals surface area contributed by atoms with Gasteiger partial charge in [0.2, 0.25) is 0 Å². The monoisotopic (exact) mass is 325 g/mol. The van der Waals surface area contributed by atoms with E-state index in [1.54, 1.807) is 31.2 Å². The molecular weight excluding hydrogens is 306 g/mol. The van der Waals surface area contributed by atoms with Gasteiger partial charge >= 0.3 is 5.97 Å². The third-order valence-electron chi connectivity index (χ3n) is 3.52. The molecule has 0 radical (unpaired) electrons. The highest BCUT2D eigenvalue weighted by atomic mass is 35.5. The molecule has 1 N–H and O–H groups in total. The fourth-order valence-corrected chi connectivity index (χ4v) is 2.48. The Morgan fingerprint density at radius 3 is 2.55 bits per heavy atom. The Morgan fingerprint density at radius 1 is 1.27 bits per heavy atom. The van der Waals surface area contributed by atoms with Crippen LogP contribution in [0.15, 0.2) is 24.3 Å². The molecule has 0 unspecified atom stereocenters. The lowest BCUT2D eigenvalue weighted by atomic mass is 10.2. The summed E-state index contributed by atoms with van der Waals surface area (Å²) in [6.45, 7) is 1.30. The number of ether oxygens (including phenoxy) is 2. The van der Waals surface area contributed by atoms with E-state index >= 15 is 0 Å². The van der Waals surface area contributed by atoms with Crippen LogP contribution in [0.25, 0.3) is 0 Å². The zero-order valence-corrected chi connectivity index (χ0v) is 13.3. The summed E-state index contributed by atoms with van der Waals surface area (Å²) in [4.78, 5) is 23.5. The summed E-state index contributed by atoms with van der Waals surface area (Å²) < 4.78 is 10.4. The summed E-state index contributed by atoms with van der Waals surface area (Å²) in [5.74, 6) is -0.320. The molecule has 1 aliphatic rings. The number of rotatable bonds is 6. The van der Waals surface area contributed by atoms with Gasteiger partial charge in [-0.15, -0.1) is 0 Å². The van der Waals surface area contributed by atoms with Crippen LogP contribution in [0.2, 0.25) is 5.02 Å². The largest absolute Gasteiger partial charge is 0.479 e. The zero-order valence-electron chi connectivity index (χ0n) is 12.5. The van der Waals surface area contributed by atoms with Crippen LogP contribution in [-0.4, -0.2) is 30.6 Å². The van der Waals surface area contributed by atoms with Gasteiger partial charge in [0.25, 0.3) is 5.91 Å². The minimum absolute atomic E-state index is 0.217. The highest BCUT2D eigenvalue weighted by Crippen LogP contribution is 2.18. The number of carbonyl (C=O) groups excluding carboxylic acids is 2. The zero-order chi connectivity index (χ0) is 15.9. The Kier molecular flexibility index (Phi) is 6.07. The van der Waals surface area contributed by atoms with E-state index in [0.29, 0.717) is 10.8 Å². The van der Waals surface area contributed by atoms with E-state index in [1.165, 1.54) is 0 Å². The van der Waals surface area contributed by atoms with Crippen molar-refractivity contribution in [1.29, 1.82) is 0 Å². The van der Waals surface area contributed by atoms with Crippen LogP contribution >= 0.6 is 11.6 Å². The molecule has 6 heteroatoms. The molecule has 1 fully saturated rings. The van der Waals surface area contributed by atoms with Crippen LogP contribution in [0.5, 0.6) is 5.75 Å². The van der Waals surface area contributed by atoms with E-state index in [9.17, 15) is 9.59 Å². The van der Waals surface area contributed by atoms with Crippen molar-refractivity contribution < 1.29 is 19.1 Å². The maximum atomic E-state index is 11.8. The first-order valence-electron chi connectivity index (χ1n) is 7.43. The van der Waals surface area contributed by atoms with E-state index in [-0.39, 0.29) is 18.6 Å². The molecule has 1 aromatic carbocycles. The molecule has 5 nitrogen and oxygen atoms in total. The molecule has 0 saturated heterocycles. The molecule has 0 aromatic heterocycles. The van der Waals surface area contributed by atoms with Crippen molar-refractivity contribution in [3.8, 4) is 5.75 Å². The molecule has 1 atom stereocenters. The standard InChI is InChI=1S/C16H20ClNO4/c1-11(22-14-8-6-12(17)7-9-14)16(20)21-10-15(19)18-13-4-2-3-5-13/h6-9,11,13H,2-5,10H2,1H3,(H,18,19)/t11-/m1/s1. The summed E-state index contributed by atoms with van der Waals surface area (Å²) in [6.07, 6.45) is 3.47. The van der Waals surface area contributed by atoms with E-state index in [4.69, 9.17) is 21.1 Å². The summed E-state index contributed by atoms with van der Waals surface area (Å²) >= 11 is 5.77. The Hall–Kier alpha value is -1.75. The minimum atomic E-state index is -0.791. The van der Waals surface area contributed by atoms with Crippen molar-refractivity contribution in [2.45, 2.75) is 44.8 Å². The van der Waals surface area contributed by atoms with Gasteiger partial charge < -0.3 is 14.8 Å². The van der Waals surface area contributed by atoms with Crippen LogP contribution in [0, 0.1) is 0 Å². The highest BCUT2D eigenvalue weighted by molar-refractivity contribution is 6.30. The normalized spacial score (nSPS) is 16.1. The van der Waals surface area contributed by atoms with Crippen LogP contribution in [0.4, 0.5) is 0 Å². The number of benzene rings is 1. The van der Waals surface area contributed by atoms with Crippen LogP contribution in [0.1, 0.15) is 32.6 Å². The number of hydrogen-bond donors (Lipinski definition) is 1. The van der Waals surface area contributed by atoms with Gasteiger partial charge in [-0.05, 0) is 44.0 Å². The predicted octanol–water partition coefficient (Wildman–Crippen LogP) is 2.71. The first kappa shape index (κ1) is 16.6. The highest BCUT2D eigenvalue weighted by Gasteiger charge is 2.20. The van der Waals surface area contributed by atoms with Crippen molar-refractivity contribution in [2.75, 3.05) is 6.61 Å². The lowest BCUT2D eigenvalue weighted by Crippen LogP contribution is -2.37. The van der Waals surface area contributed by atoms with E-state index < -0.39 is 12.1 Å². The van der Waals surface area contributed by atoms with Gasteiger partial charge in [-0.25, -0.2) is 4.79 Å². The summed E-state index contributed by atoms with van der Waals surface area (Å²) in [7, 11) is 0. The van der Waals surface area contributed by atoms with Gasteiger partial charge in [-0.2, -0.15) is 0 Å². The third-order valence-corrected chi connectivity index (χ3v) is 3.78. The number of esters is 1. The molecular formula is C16H20ClNO4. The molecule has 1 saturated carbocycles. The molecule has 2 rings (SSSR count). The second kappa shape index (κ2) is 8.03. The Bertz CT molecular complexity index is 511. The van der Waals surface area contributed by atoms with Gasteiger partial charge in [-0.3, -0.25) is 4.79 Å². The SMILES string of the molecule is C[C@@H](Oc1ccc(Cl)cc1)C(=O)OCC(=O)NC1CCCC1. The van der Waals surface area contributed by atoms with Gasteiger partial charge in [0.05, 0.1) is 0 Å². The number of nitrogens with one attached hydrogen (secondary N) is 1. The van der Waals surface area contributed by atoms with Crippen molar-refractivity contribution in [2.24, 2.45) is 0 Å². The summed E-state index contributed by atoms with van der Waals surface area (Å²) in [6, 6.07) is 6.89. The van der Waals surface area contributed by atoms with Gasteiger partial charge in [0.1, 0.15) is 5.75 Å². The number of hydrogen-bond acceptors (Lipinski definition) is 4. The Labute approximate surface area is 134 Å². The average Bonchev–Trinajstić information content (AvgIpc) is 3.00. The number of amides is 1. The maximum absolute atomic E-state index is 11.8. The Balaban J connectivity index is 1.71. The summed E-state index contributed by atoms with van der Waals surface area (Å²) in [5, 5.41) is 3.45. The first-order valence-corrected chi connectivity index (χ1v) is 7.80. The van der Waals surface area contributed by atoms with Crippen molar-refractivity contribution in [3.05, 3.63) is 29.3 Å². The maximum Gasteiger partial charge on any atom is 0.347 e. The molecule has 1 aromatic rings. The van der Waals surface area contributed by atoms with E-state index in [1.807, 2.05) is 0 Å². The third kappa shape index (κ3) is 5.22. The van der Waals surface area contributed by atoms with Gasteiger partial charge in [0.15, 0.2) is 12.7 Å². The van der Waals surface area contributed by atoms with E-state index in [0.717, 1.165) is 25.7 Å². The second-order valence-corrected chi connectivity index (χ2v) is 5.81. The first-order chi connectivity index (χ1) is 10.5. The Morgan fingerprint density at radius 2 is 1.91 bits per heavy atom. The van der Waals surface area contributed by atoms with Crippen molar-refractivity contribution >= 4 is 23.5 Å². The molecule has 0 aliphatic heterocycles. The lowest BCUT2D eigenvalue weighted by molar-refractivity contribution is -0.154. The lowest BCUT2D eigenvalue weighted by Gasteiger charge is -2.15. The molecule has 0 spiro atoms. The summed E-state index contributed by atoms with van der Waals surface area (Å²) in [5.41, 5.74) is 0. The smallest absolute Gasteiger partial charge is 0.347 e. The fraction of sp³-hybridized carbons (Fsp3) is 0.500. The molecule has 1 amide bonds. The molecule has 1 aliphatic carbocycles. The van der Waals surface area contributed by atoms with Crippen LogP contribution in [-0.2, 0) is 14.3 Å². The average molecular weight is 326 g/mol. The molecule has 0 bridgehead atoms. The number of carbonyl (C=O) groups is 2. The molecule has 22 heavy (non-hydrogen) atoms. The predicted molar refractivity (Wildman–Crippen MR) is 82.9 cm³/mol. The van der Waals surface area contributed by atoms with Crippen LogP contribution < -0.4 is 10.1 Å². The van der Waals surface area contributed by atoms with Crippen LogP contribution in [0.3, 0.4) is 0 Å². The number of halogens is 1. The topological polar surface area (TPSA) is 64.6 Å². The van der Waals surface area contributed by atoms with Crippen molar-refractivity contribution in [1.82, 2.24) is 5.32 Å². The second-order valence-electron chi connectivity index (χ2n) is 5.37. The minimum Gasteiger partial charge on any atom is -0.479 e. The molecule has 120 valence electrons. The fourth-order valence-electron chi connectivity index (χ4n) is 2.36. The quantitative estimate of drug-likeness (QED) is 0.817. The van der Waals surface area contributed by atoms with Gasteiger partial charge in [-0.1, -0.05) is 24.4 Å². The van der Waals surface area contributed by atoms with Crippen molar-refractivity contribution in [3.63, 3.8) is 0 Å². The molecule has 0 heterocycles.